The van der Waals surface area contributed by atoms with Crippen LogP contribution < -0.4 is 10.1 Å². The van der Waals surface area contributed by atoms with Crippen LogP contribution in [0.5, 0.6) is 5.75 Å². The Hall–Kier alpha value is -3.76. The molecule has 0 aliphatic heterocycles. The first-order valence-corrected chi connectivity index (χ1v) is 13.2. The number of amides is 1. The van der Waals surface area contributed by atoms with Gasteiger partial charge in [0.05, 0.1) is 38.4 Å². The molecule has 4 atom stereocenters. The fraction of sp³-hybridized carbons (Fsp3) is 0.355. The molecule has 210 valence electrons. The van der Waals surface area contributed by atoms with Gasteiger partial charge in [-0.05, 0) is 60.4 Å². The molecule has 0 saturated carbocycles. The van der Waals surface area contributed by atoms with E-state index in [0.29, 0.717) is 33.7 Å². The van der Waals surface area contributed by atoms with Crippen molar-refractivity contribution in [3.05, 3.63) is 95.1 Å². The van der Waals surface area contributed by atoms with Crippen molar-refractivity contribution in [2.75, 3.05) is 25.6 Å². The van der Waals surface area contributed by atoms with Gasteiger partial charge in [-0.2, -0.15) is 0 Å². The lowest BCUT2D eigenvalue weighted by molar-refractivity contribution is -0.203. The highest BCUT2D eigenvalue weighted by Crippen LogP contribution is 2.65. The zero-order valence-electron chi connectivity index (χ0n) is 22.5. The molecule has 6 rings (SSSR count). The van der Waals surface area contributed by atoms with Gasteiger partial charge >= 0.3 is 5.97 Å². The SMILES string of the molecule is COc1ccc(NC(=O)C2C(C(=O)O)C3(OCC(C)O)c4ccccc4C2(OCC(C)O)c2ccccc23)cc1. The Morgan fingerprint density at radius 1 is 0.775 bits per heavy atom. The highest BCUT2D eigenvalue weighted by Gasteiger charge is 2.71. The number of ether oxygens (including phenoxy) is 3. The van der Waals surface area contributed by atoms with E-state index in [1.807, 2.05) is 0 Å². The van der Waals surface area contributed by atoms with Crippen LogP contribution in [0.15, 0.2) is 72.8 Å². The lowest BCUT2D eigenvalue weighted by atomic mass is 9.49. The van der Waals surface area contributed by atoms with Crippen molar-refractivity contribution in [1.82, 2.24) is 0 Å². The maximum absolute atomic E-state index is 14.3. The van der Waals surface area contributed by atoms with Crippen LogP contribution >= 0.6 is 0 Å². The van der Waals surface area contributed by atoms with Gasteiger partial charge in [-0.1, -0.05) is 48.5 Å². The molecule has 0 radical (unpaired) electrons. The van der Waals surface area contributed by atoms with Gasteiger partial charge in [0.25, 0.3) is 0 Å². The predicted molar refractivity (Wildman–Crippen MR) is 146 cm³/mol. The summed E-state index contributed by atoms with van der Waals surface area (Å²) in [4.78, 5) is 27.6. The van der Waals surface area contributed by atoms with Crippen LogP contribution in [0.1, 0.15) is 36.1 Å². The zero-order valence-corrected chi connectivity index (χ0v) is 22.5. The molecule has 0 heterocycles. The number of hydrogen-bond donors (Lipinski definition) is 4. The van der Waals surface area contributed by atoms with Gasteiger partial charge in [-0.3, -0.25) is 9.59 Å². The highest BCUT2D eigenvalue weighted by atomic mass is 16.5. The van der Waals surface area contributed by atoms with E-state index in [1.165, 1.54) is 7.11 Å². The van der Waals surface area contributed by atoms with Crippen molar-refractivity contribution in [2.24, 2.45) is 11.8 Å². The summed E-state index contributed by atoms with van der Waals surface area (Å²) in [5.41, 5.74) is -0.475. The molecular formula is C31H33NO8. The molecule has 9 nitrogen and oxygen atoms in total. The predicted octanol–water partition coefficient (Wildman–Crippen LogP) is 3.26. The van der Waals surface area contributed by atoms with Gasteiger partial charge in [0.1, 0.15) is 22.9 Å². The number of aliphatic hydroxyl groups is 2. The second-order valence-corrected chi connectivity index (χ2v) is 10.4. The molecule has 3 aromatic carbocycles. The fourth-order valence-corrected chi connectivity index (χ4v) is 6.23. The number of anilines is 1. The summed E-state index contributed by atoms with van der Waals surface area (Å²) >= 11 is 0. The number of carboxylic acid groups (broad SMARTS) is 1. The zero-order chi connectivity index (χ0) is 28.7. The summed E-state index contributed by atoms with van der Waals surface area (Å²) in [5, 5.41) is 34.2. The number of hydrogen-bond acceptors (Lipinski definition) is 7. The van der Waals surface area contributed by atoms with E-state index in [1.54, 1.807) is 86.6 Å². The fourth-order valence-electron chi connectivity index (χ4n) is 6.23. The number of nitrogens with one attached hydrogen (secondary N) is 1. The number of methoxy groups -OCH3 is 1. The van der Waals surface area contributed by atoms with Crippen molar-refractivity contribution >= 4 is 17.6 Å². The molecule has 4 N–H and O–H groups in total. The molecule has 2 bridgehead atoms. The first kappa shape index (κ1) is 27.8. The minimum absolute atomic E-state index is 0.150. The Morgan fingerprint density at radius 3 is 1.57 bits per heavy atom. The van der Waals surface area contributed by atoms with Crippen molar-refractivity contribution in [3.63, 3.8) is 0 Å². The van der Waals surface area contributed by atoms with E-state index in [9.17, 15) is 24.9 Å². The van der Waals surface area contributed by atoms with Crippen LogP contribution in [0.25, 0.3) is 0 Å². The maximum Gasteiger partial charge on any atom is 0.311 e. The maximum atomic E-state index is 14.3. The van der Waals surface area contributed by atoms with E-state index in [-0.39, 0.29) is 13.2 Å². The van der Waals surface area contributed by atoms with E-state index in [2.05, 4.69) is 5.32 Å². The molecule has 3 aliphatic rings. The third-order valence-corrected chi connectivity index (χ3v) is 7.67. The number of carboxylic acids is 1. The van der Waals surface area contributed by atoms with E-state index >= 15 is 0 Å². The third kappa shape index (κ3) is 4.26. The van der Waals surface area contributed by atoms with Crippen molar-refractivity contribution in [1.29, 1.82) is 0 Å². The summed E-state index contributed by atoms with van der Waals surface area (Å²) in [6.45, 7) is 2.81. The van der Waals surface area contributed by atoms with Gasteiger partial charge < -0.3 is 34.8 Å². The smallest absolute Gasteiger partial charge is 0.311 e. The average Bonchev–Trinajstić information content (AvgIpc) is 2.95. The van der Waals surface area contributed by atoms with Crippen molar-refractivity contribution < 1.29 is 39.1 Å². The summed E-state index contributed by atoms with van der Waals surface area (Å²) < 4.78 is 18.2. The largest absolute Gasteiger partial charge is 0.497 e. The monoisotopic (exact) mass is 547 g/mol. The van der Waals surface area contributed by atoms with Crippen LogP contribution in [0.3, 0.4) is 0 Å². The van der Waals surface area contributed by atoms with E-state index < -0.39 is 47.1 Å². The molecule has 0 aromatic heterocycles. The Kier molecular flexibility index (Phi) is 7.41. The molecule has 40 heavy (non-hydrogen) atoms. The number of carbonyl (C=O) groups excluding carboxylic acids is 1. The lowest BCUT2D eigenvalue weighted by Gasteiger charge is -2.60. The third-order valence-electron chi connectivity index (χ3n) is 7.67. The number of aliphatic carboxylic acids is 1. The quantitative estimate of drug-likeness (QED) is 0.304. The second-order valence-electron chi connectivity index (χ2n) is 10.4. The van der Waals surface area contributed by atoms with Crippen LogP contribution in [-0.2, 0) is 30.3 Å². The van der Waals surface area contributed by atoms with Crippen LogP contribution in [0.2, 0.25) is 0 Å². The second kappa shape index (κ2) is 10.7. The standard InChI is InChI=1S/C31H33NO8/c1-18(33)16-39-30-22-8-4-6-10-24(22)31(40-17-19(2)34,25-11-7-5-9-23(25)30)27(29(36)37)26(30)28(35)32-20-12-14-21(38-3)15-13-20/h4-15,18-19,26-27,33-34H,16-17H2,1-3H3,(H,32,35)(H,36,37). The number of carbonyl (C=O) groups is 2. The summed E-state index contributed by atoms with van der Waals surface area (Å²) in [7, 11) is 1.54. The molecule has 9 heteroatoms. The molecule has 0 fully saturated rings. The van der Waals surface area contributed by atoms with E-state index in [4.69, 9.17) is 14.2 Å². The summed E-state index contributed by atoms with van der Waals surface area (Å²) in [6.07, 6.45) is -1.78. The minimum Gasteiger partial charge on any atom is -0.497 e. The lowest BCUT2D eigenvalue weighted by Crippen LogP contribution is -2.67. The van der Waals surface area contributed by atoms with Gasteiger partial charge in [0.15, 0.2) is 0 Å². The van der Waals surface area contributed by atoms with Gasteiger partial charge in [0, 0.05) is 5.69 Å². The van der Waals surface area contributed by atoms with Gasteiger partial charge in [-0.25, -0.2) is 0 Å². The molecule has 0 spiro atoms. The highest BCUT2D eigenvalue weighted by molar-refractivity contribution is 5.99. The Bertz CT molecular complexity index is 1350. The first-order valence-electron chi connectivity index (χ1n) is 13.2. The molecule has 4 unspecified atom stereocenters. The summed E-state index contributed by atoms with van der Waals surface area (Å²) in [6, 6.07) is 21.0. The topological polar surface area (TPSA) is 135 Å². The van der Waals surface area contributed by atoms with Gasteiger partial charge in [-0.15, -0.1) is 0 Å². The number of fused-ring (bicyclic) bond motifs is 1. The van der Waals surface area contributed by atoms with Crippen molar-refractivity contribution in [3.8, 4) is 5.75 Å². The Labute approximate surface area is 232 Å². The first-order chi connectivity index (χ1) is 19.2. The minimum atomic E-state index is -1.60. The summed E-state index contributed by atoms with van der Waals surface area (Å²) in [5.74, 6) is -4.00. The van der Waals surface area contributed by atoms with Crippen LogP contribution in [0.4, 0.5) is 5.69 Å². The van der Waals surface area contributed by atoms with E-state index in [0.717, 1.165) is 0 Å². The van der Waals surface area contributed by atoms with Crippen LogP contribution in [-0.4, -0.2) is 59.7 Å². The number of aliphatic hydroxyl groups excluding tert-OH is 2. The number of benzene rings is 3. The molecule has 3 aliphatic carbocycles. The average molecular weight is 548 g/mol. The Balaban J connectivity index is 1.79. The molecule has 3 aromatic rings. The molecule has 0 saturated heterocycles. The number of rotatable bonds is 10. The molecule has 1 amide bonds. The Morgan fingerprint density at radius 2 is 1.20 bits per heavy atom. The van der Waals surface area contributed by atoms with Crippen LogP contribution in [0, 0.1) is 11.8 Å². The molecular weight excluding hydrogens is 514 g/mol. The van der Waals surface area contributed by atoms with Gasteiger partial charge in [0.2, 0.25) is 5.91 Å². The normalized spacial score (nSPS) is 25.8. The van der Waals surface area contributed by atoms with Crippen molar-refractivity contribution in [2.45, 2.75) is 37.3 Å².